The Labute approximate surface area is 110 Å². The zero-order valence-corrected chi connectivity index (χ0v) is 11.4. The molecule has 1 heterocycles. The van der Waals surface area contributed by atoms with Crippen molar-refractivity contribution in [2.24, 2.45) is 0 Å². The van der Waals surface area contributed by atoms with E-state index in [0.717, 1.165) is 16.8 Å². The predicted molar refractivity (Wildman–Crippen MR) is 72.4 cm³/mol. The second-order valence-electron chi connectivity index (χ2n) is 4.19. The first kappa shape index (κ1) is 12.6. The van der Waals surface area contributed by atoms with Crippen LogP contribution in [0.4, 0.5) is 0 Å². The van der Waals surface area contributed by atoms with Crippen LogP contribution in [0, 0.1) is 4.77 Å². The molecule has 0 unspecified atom stereocenters. The molecule has 0 saturated heterocycles. The lowest BCUT2D eigenvalue weighted by molar-refractivity contribution is -0.129. The zero-order chi connectivity index (χ0) is 13.3. The number of nitrogens with zero attached hydrogens (tertiary/aromatic N) is 2. The van der Waals surface area contributed by atoms with Gasteiger partial charge in [-0.2, -0.15) is 0 Å². The van der Waals surface area contributed by atoms with E-state index >= 15 is 0 Å². The van der Waals surface area contributed by atoms with Crippen molar-refractivity contribution in [1.82, 2.24) is 14.5 Å². The highest BCUT2D eigenvalue weighted by atomic mass is 32.1. The van der Waals surface area contributed by atoms with Crippen LogP contribution in [0.3, 0.4) is 0 Å². The van der Waals surface area contributed by atoms with Crippen molar-refractivity contribution in [1.29, 1.82) is 0 Å². The topological polar surface area (TPSA) is 50.3 Å². The Morgan fingerprint density at radius 3 is 2.83 bits per heavy atom. The quantitative estimate of drug-likeness (QED) is 0.861. The second-order valence-corrected chi connectivity index (χ2v) is 4.57. The molecule has 96 valence electrons. The van der Waals surface area contributed by atoms with E-state index in [-0.39, 0.29) is 12.5 Å². The first-order chi connectivity index (χ1) is 8.52. The Kier molecular flexibility index (Phi) is 3.38. The smallest absolute Gasteiger partial charge is 0.242 e. The lowest BCUT2D eigenvalue weighted by atomic mass is 10.3. The van der Waals surface area contributed by atoms with Crippen LogP contribution in [0.2, 0.25) is 0 Å². The summed E-state index contributed by atoms with van der Waals surface area (Å²) in [6, 6.07) is 5.61. The summed E-state index contributed by atoms with van der Waals surface area (Å²) in [6.07, 6.45) is 0. The number of carbonyl (C=O) groups excluding carboxylic acids is 1. The summed E-state index contributed by atoms with van der Waals surface area (Å²) in [5.74, 6) is 0.734. The van der Waals surface area contributed by atoms with E-state index in [1.54, 1.807) is 30.7 Å². The van der Waals surface area contributed by atoms with E-state index in [1.165, 1.54) is 0 Å². The Morgan fingerprint density at radius 2 is 2.22 bits per heavy atom. The van der Waals surface area contributed by atoms with Gasteiger partial charge in [-0.05, 0) is 24.4 Å². The number of benzene rings is 1. The molecule has 6 heteroatoms. The van der Waals surface area contributed by atoms with E-state index in [0.29, 0.717) is 4.77 Å². The van der Waals surface area contributed by atoms with Gasteiger partial charge in [0.2, 0.25) is 5.91 Å². The van der Waals surface area contributed by atoms with Gasteiger partial charge in [0.15, 0.2) is 4.77 Å². The number of hydrogen-bond acceptors (Lipinski definition) is 3. The summed E-state index contributed by atoms with van der Waals surface area (Å²) in [6.45, 7) is 0.221. The number of imidazole rings is 1. The highest BCUT2D eigenvalue weighted by Gasteiger charge is 2.10. The SMILES string of the molecule is COc1ccc2[nH]c(=S)n(CC(=O)N(C)C)c2c1. The molecular formula is C12H15N3O2S. The molecule has 2 rings (SSSR count). The average Bonchev–Trinajstić information content (AvgIpc) is 2.65. The maximum absolute atomic E-state index is 11.8. The molecule has 2 aromatic rings. The lowest BCUT2D eigenvalue weighted by Crippen LogP contribution is -2.26. The number of carbonyl (C=O) groups is 1. The minimum atomic E-state index is -0.00480. The van der Waals surface area contributed by atoms with Crippen molar-refractivity contribution < 1.29 is 9.53 Å². The highest BCUT2D eigenvalue weighted by Crippen LogP contribution is 2.20. The molecule has 0 fully saturated rings. The van der Waals surface area contributed by atoms with Crippen LogP contribution in [0.15, 0.2) is 18.2 Å². The maximum Gasteiger partial charge on any atom is 0.242 e. The standard InChI is InChI=1S/C12H15N3O2S/c1-14(2)11(16)7-15-10-6-8(17-3)4-5-9(10)13-12(15)18/h4-6H,7H2,1-3H3,(H,13,18). The number of aromatic amines is 1. The van der Waals surface area contributed by atoms with Gasteiger partial charge in [-0.1, -0.05) is 0 Å². The van der Waals surface area contributed by atoms with Crippen LogP contribution in [0.25, 0.3) is 11.0 Å². The van der Waals surface area contributed by atoms with Crippen LogP contribution in [-0.4, -0.2) is 41.6 Å². The number of ether oxygens (including phenoxy) is 1. The fourth-order valence-corrected chi connectivity index (χ4v) is 1.97. The van der Waals surface area contributed by atoms with Crippen molar-refractivity contribution in [3.63, 3.8) is 0 Å². The third-order valence-electron chi connectivity index (χ3n) is 2.77. The molecule has 0 saturated carbocycles. The van der Waals surface area contributed by atoms with Crippen LogP contribution in [0.1, 0.15) is 0 Å². The average molecular weight is 265 g/mol. The zero-order valence-electron chi connectivity index (χ0n) is 10.6. The van der Waals surface area contributed by atoms with Gasteiger partial charge in [0.05, 0.1) is 18.1 Å². The van der Waals surface area contributed by atoms with E-state index < -0.39 is 0 Å². The number of rotatable bonds is 3. The number of amides is 1. The van der Waals surface area contributed by atoms with Crippen molar-refractivity contribution in [3.8, 4) is 5.75 Å². The number of H-pyrrole nitrogens is 1. The molecule has 0 aliphatic carbocycles. The highest BCUT2D eigenvalue weighted by molar-refractivity contribution is 7.71. The number of likely N-dealkylation sites (N-methyl/N-ethyl adjacent to an activating group) is 1. The van der Waals surface area contributed by atoms with E-state index in [4.69, 9.17) is 17.0 Å². The summed E-state index contributed by atoms with van der Waals surface area (Å²) in [5, 5.41) is 0. The van der Waals surface area contributed by atoms with Gasteiger partial charge in [0.1, 0.15) is 12.3 Å². The van der Waals surface area contributed by atoms with Crippen LogP contribution in [-0.2, 0) is 11.3 Å². The molecule has 0 spiro atoms. The van der Waals surface area contributed by atoms with Gasteiger partial charge in [-0.3, -0.25) is 4.79 Å². The molecule has 0 bridgehead atoms. The largest absolute Gasteiger partial charge is 0.497 e. The molecular weight excluding hydrogens is 250 g/mol. The van der Waals surface area contributed by atoms with Crippen LogP contribution in [0.5, 0.6) is 5.75 Å². The Balaban J connectivity index is 2.51. The minimum Gasteiger partial charge on any atom is -0.497 e. The van der Waals surface area contributed by atoms with Crippen molar-refractivity contribution in [3.05, 3.63) is 23.0 Å². The molecule has 1 N–H and O–H groups in total. The molecule has 0 radical (unpaired) electrons. The van der Waals surface area contributed by atoms with E-state index in [1.807, 2.05) is 18.2 Å². The molecule has 1 aromatic heterocycles. The monoisotopic (exact) mass is 265 g/mol. The lowest BCUT2D eigenvalue weighted by Gasteiger charge is -2.11. The summed E-state index contributed by atoms with van der Waals surface area (Å²) in [7, 11) is 5.06. The van der Waals surface area contributed by atoms with Crippen molar-refractivity contribution in [2.75, 3.05) is 21.2 Å². The van der Waals surface area contributed by atoms with E-state index in [2.05, 4.69) is 4.98 Å². The van der Waals surface area contributed by atoms with Crippen LogP contribution < -0.4 is 4.74 Å². The Hall–Kier alpha value is -1.82. The number of fused-ring (bicyclic) bond motifs is 1. The molecule has 1 aromatic carbocycles. The van der Waals surface area contributed by atoms with Gasteiger partial charge in [-0.15, -0.1) is 0 Å². The minimum absolute atomic E-state index is 0.00480. The third-order valence-corrected chi connectivity index (χ3v) is 3.10. The first-order valence-corrected chi connectivity index (χ1v) is 5.90. The van der Waals surface area contributed by atoms with Crippen LogP contribution >= 0.6 is 12.2 Å². The van der Waals surface area contributed by atoms with Gasteiger partial charge >= 0.3 is 0 Å². The van der Waals surface area contributed by atoms with Gasteiger partial charge in [0.25, 0.3) is 0 Å². The van der Waals surface area contributed by atoms with Crippen molar-refractivity contribution >= 4 is 29.2 Å². The van der Waals surface area contributed by atoms with Crippen molar-refractivity contribution in [2.45, 2.75) is 6.54 Å². The van der Waals surface area contributed by atoms with Gasteiger partial charge in [-0.25, -0.2) is 0 Å². The molecule has 5 nitrogen and oxygen atoms in total. The molecule has 18 heavy (non-hydrogen) atoms. The summed E-state index contributed by atoms with van der Waals surface area (Å²) in [4.78, 5) is 16.4. The first-order valence-electron chi connectivity index (χ1n) is 5.49. The number of aromatic nitrogens is 2. The Bertz CT molecular complexity index is 642. The maximum atomic E-state index is 11.8. The molecule has 0 aliphatic rings. The number of hydrogen-bond donors (Lipinski definition) is 1. The number of nitrogens with one attached hydrogen (secondary N) is 1. The predicted octanol–water partition coefficient (Wildman–Crippen LogP) is 1.80. The normalized spacial score (nSPS) is 10.6. The number of methoxy groups -OCH3 is 1. The fourth-order valence-electron chi connectivity index (χ4n) is 1.69. The van der Waals surface area contributed by atoms with E-state index in [9.17, 15) is 4.79 Å². The second kappa shape index (κ2) is 4.81. The Morgan fingerprint density at radius 1 is 1.50 bits per heavy atom. The molecule has 1 amide bonds. The third kappa shape index (κ3) is 2.24. The van der Waals surface area contributed by atoms with Gasteiger partial charge in [0, 0.05) is 20.2 Å². The molecule has 0 atom stereocenters. The molecule has 0 aliphatic heterocycles. The summed E-state index contributed by atoms with van der Waals surface area (Å²) in [5.41, 5.74) is 1.77. The van der Waals surface area contributed by atoms with Gasteiger partial charge < -0.3 is 19.2 Å². The summed E-state index contributed by atoms with van der Waals surface area (Å²) >= 11 is 5.23. The summed E-state index contributed by atoms with van der Waals surface area (Å²) < 4.78 is 7.49. The fraction of sp³-hybridized carbons (Fsp3) is 0.333.